The molecule has 4 N–H and O–H groups in total. The van der Waals surface area contributed by atoms with E-state index < -0.39 is 23.8 Å². The van der Waals surface area contributed by atoms with E-state index in [0.717, 1.165) is 10.4 Å². The molecule has 2 aromatic rings. The summed E-state index contributed by atoms with van der Waals surface area (Å²) in [5, 5.41) is 11.5. The Bertz CT molecular complexity index is 715. The van der Waals surface area contributed by atoms with Crippen LogP contribution < -0.4 is 11.1 Å². The molecular weight excluding hydrogens is 318 g/mol. The van der Waals surface area contributed by atoms with Gasteiger partial charge in [0.05, 0.1) is 4.88 Å². The lowest BCUT2D eigenvalue weighted by Crippen LogP contribution is -2.41. The quantitative estimate of drug-likeness (QED) is 0.704. The molecule has 23 heavy (non-hydrogen) atoms. The van der Waals surface area contributed by atoms with Crippen LogP contribution in [0.2, 0.25) is 0 Å². The van der Waals surface area contributed by atoms with E-state index >= 15 is 0 Å². The van der Waals surface area contributed by atoms with Crippen molar-refractivity contribution in [1.82, 2.24) is 10.3 Å². The Labute approximate surface area is 136 Å². The summed E-state index contributed by atoms with van der Waals surface area (Å²) in [6.07, 6.45) is 3.18. The van der Waals surface area contributed by atoms with Crippen molar-refractivity contribution >= 4 is 29.1 Å². The lowest BCUT2D eigenvalue weighted by molar-refractivity contribution is -0.139. The normalized spacial score (nSPS) is 11.7. The SMILES string of the molecule is NC(=O)CC[C@H](NC(=O)c1ccc(-c2cccnc2)s1)C(=O)O. The zero-order valence-electron chi connectivity index (χ0n) is 12.1. The molecular formula is C15H15N3O4S. The molecule has 0 saturated carbocycles. The van der Waals surface area contributed by atoms with Crippen LogP contribution >= 0.6 is 11.3 Å². The summed E-state index contributed by atoms with van der Waals surface area (Å²) in [4.78, 5) is 39.3. The first-order valence-corrected chi connectivity index (χ1v) is 7.61. The molecule has 0 aliphatic heterocycles. The molecule has 0 saturated heterocycles. The lowest BCUT2D eigenvalue weighted by Gasteiger charge is -2.12. The van der Waals surface area contributed by atoms with Crippen LogP contribution in [0.5, 0.6) is 0 Å². The Morgan fingerprint density at radius 1 is 1.30 bits per heavy atom. The molecule has 120 valence electrons. The molecule has 2 aromatic heterocycles. The highest BCUT2D eigenvalue weighted by Crippen LogP contribution is 2.27. The van der Waals surface area contributed by atoms with Gasteiger partial charge in [-0.2, -0.15) is 0 Å². The minimum atomic E-state index is -1.20. The number of aliphatic carboxylic acids is 1. The van der Waals surface area contributed by atoms with E-state index in [1.54, 1.807) is 30.6 Å². The first kappa shape index (κ1) is 16.6. The Hall–Kier alpha value is -2.74. The number of carboxylic acids is 1. The summed E-state index contributed by atoms with van der Waals surface area (Å²) in [5.74, 6) is -2.31. The number of nitrogens with zero attached hydrogens (tertiary/aromatic N) is 1. The average Bonchev–Trinajstić information content (AvgIpc) is 3.01. The van der Waals surface area contributed by atoms with E-state index in [4.69, 9.17) is 10.8 Å². The second-order valence-corrected chi connectivity index (χ2v) is 5.86. The first-order valence-electron chi connectivity index (χ1n) is 6.79. The fraction of sp³-hybridized carbons (Fsp3) is 0.200. The van der Waals surface area contributed by atoms with Crippen molar-refractivity contribution in [1.29, 1.82) is 0 Å². The summed E-state index contributed by atoms with van der Waals surface area (Å²) in [5.41, 5.74) is 5.88. The molecule has 0 aliphatic carbocycles. The number of carboxylic acid groups (broad SMARTS) is 1. The molecule has 0 aromatic carbocycles. The standard InChI is InChI=1S/C15H15N3O4S/c16-13(19)6-3-10(15(21)22)18-14(20)12-5-4-11(23-12)9-2-1-7-17-8-9/h1-2,4-5,7-8,10H,3,6H2,(H2,16,19)(H,18,20)(H,21,22)/t10-/m0/s1. The zero-order valence-corrected chi connectivity index (χ0v) is 12.9. The molecule has 8 heteroatoms. The molecule has 0 bridgehead atoms. The molecule has 0 aliphatic rings. The van der Waals surface area contributed by atoms with Crippen molar-refractivity contribution in [3.63, 3.8) is 0 Å². The highest BCUT2D eigenvalue weighted by Gasteiger charge is 2.22. The van der Waals surface area contributed by atoms with Gasteiger partial charge in [0.15, 0.2) is 0 Å². The second-order valence-electron chi connectivity index (χ2n) is 4.77. The van der Waals surface area contributed by atoms with Crippen LogP contribution in [0.3, 0.4) is 0 Å². The Morgan fingerprint density at radius 2 is 2.09 bits per heavy atom. The van der Waals surface area contributed by atoms with Gasteiger partial charge in [0, 0.05) is 29.3 Å². The summed E-state index contributed by atoms with van der Waals surface area (Å²) in [6.45, 7) is 0. The van der Waals surface area contributed by atoms with Crippen LogP contribution in [0.15, 0.2) is 36.7 Å². The van der Waals surface area contributed by atoms with Crippen LogP contribution in [0, 0.1) is 0 Å². The highest BCUT2D eigenvalue weighted by atomic mass is 32.1. The number of nitrogens with two attached hydrogens (primary N) is 1. The zero-order chi connectivity index (χ0) is 16.8. The molecule has 0 radical (unpaired) electrons. The monoisotopic (exact) mass is 333 g/mol. The van der Waals surface area contributed by atoms with Gasteiger partial charge >= 0.3 is 5.97 Å². The summed E-state index contributed by atoms with van der Waals surface area (Å²) in [6, 6.07) is 5.90. The van der Waals surface area contributed by atoms with E-state index in [-0.39, 0.29) is 12.8 Å². The first-order chi connectivity index (χ1) is 11.0. The number of aromatic nitrogens is 1. The van der Waals surface area contributed by atoms with Gasteiger partial charge in [0.1, 0.15) is 6.04 Å². The van der Waals surface area contributed by atoms with Crippen LogP contribution in [0.25, 0.3) is 10.4 Å². The maximum absolute atomic E-state index is 12.2. The number of amides is 2. The van der Waals surface area contributed by atoms with Crippen molar-refractivity contribution < 1.29 is 19.5 Å². The second kappa shape index (κ2) is 7.50. The van der Waals surface area contributed by atoms with Crippen molar-refractivity contribution in [2.45, 2.75) is 18.9 Å². The number of thiophene rings is 1. The van der Waals surface area contributed by atoms with Crippen molar-refractivity contribution in [2.75, 3.05) is 0 Å². The fourth-order valence-corrected chi connectivity index (χ4v) is 2.80. The molecule has 0 spiro atoms. The van der Waals surface area contributed by atoms with E-state index in [9.17, 15) is 14.4 Å². The fourth-order valence-electron chi connectivity index (χ4n) is 1.90. The predicted molar refractivity (Wildman–Crippen MR) is 84.9 cm³/mol. The smallest absolute Gasteiger partial charge is 0.326 e. The third-order valence-electron chi connectivity index (χ3n) is 3.06. The van der Waals surface area contributed by atoms with E-state index in [1.165, 1.54) is 11.3 Å². The van der Waals surface area contributed by atoms with Gasteiger partial charge < -0.3 is 16.2 Å². The van der Waals surface area contributed by atoms with E-state index in [1.807, 2.05) is 6.07 Å². The van der Waals surface area contributed by atoms with Gasteiger partial charge in [-0.1, -0.05) is 6.07 Å². The molecule has 2 amide bonds. The molecule has 0 fully saturated rings. The lowest BCUT2D eigenvalue weighted by atomic mass is 10.1. The summed E-state index contributed by atoms with van der Waals surface area (Å²) in [7, 11) is 0. The number of hydrogen-bond acceptors (Lipinski definition) is 5. The molecule has 1 atom stereocenters. The van der Waals surface area contributed by atoms with E-state index in [0.29, 0.717) is 4.88 Å². The number of rotatable bonds is 7. The highest BCUT2D eigenvalue weighted by molar-refractivity contribution is 7.17. The Kier molecular flexibility index (Phi) is 5.42. The van der Waals surface area contributed by atoms with Crippen molar-refractivity contribution in [3.05, 3.63) is 41.5 Å². The van der Waals surface area contributed by atoms with Crippen molar-refractivity contribution in [3.8, 4) is 10.4 Å². The minimum absolute atomic E-state index is 0.0444. The maximum Gasteiger partial charge on any atom is 0.326 e. The number of primary amides is 1. The third-order valence-corrected chi connectivity index (χ3v) is 4.19. The van der Waals surface area contributed by atoms with Crippen LogP contribution in [0.4, 0.5) is 0 Å². The maximum atomic E-state index is 12.2. The van der Waals surface area contributed by atoms with Gasteiger partial charge in [-0.3, -0.25) is 14.6 Å². The van der Waals surface area contributed by atoms with Gasteiger partial charge in [0.2, 0.25) is 5.91 Å². The number of carbonyl (C=O) groups is 3. The van der Waals surface area contributed by atoms with Gasteiger partial charge in [0.25, 0.3) is 5.91 Å². The molecule has 2 rings (SSSR count). The van der Waals surface area contributed by atoms with Crippen LogP contribution in [-0.2, 0) is 9.59 Å². The largest absolute Gasteiger partial charge is 0.480 e. The minimum Gasteiger partial charge on any atom is -0.480 e. The van der Waals surface area contributed by atoms with Crippen molar-refractivity contribution in [2.24, 2.45) is 5.73 Å². The predicted octanol–water partition coefficient (Wildman–Crippen LogP) is 1.26. The van der Waals surface area contributed by atoms with Gasteiger partial charge in [-0.05, 0) is 24.6 Å². The summed E-state index contributed by atoms with van der Waals surface area (Å²) < 4.78 is 0. The summed E-state index contributed by atoms with van der Waals surface area (Å²) >= 11 is 1.24. The molecule has 7 nitrogen and oxygen atoms in total. The van der Waals surface area contributed by atoms with E-state index in [2.05, 4.69) is 10.3 Å². The Morgan fingerprint density at radius 3 is 2.70 bits per heavy atom. The van der Waals surface area contributed by atoms with Gasteiger partial charge in [-0.25, -0.2) is 4.79 Å². The van der Waals surface area contributed by atoms with Gasteiger partial charge in [-0.15, -0.1) is 11.3 Å². The number of hydrogen-bond donors (Lipinski definition) is 3. The topological polar surface area (TPSA) is 122 Å². The average molecular weight is 333 g/mol. The number of carbonyl (C=O) groups excluding carboxylic acids is 2. The third kappa shape index (κ3) is 4.62. The molecule has 0 unspecified atom stereocenters. The number of pyridine rings is 1. The van der Waals surface area contributed by atoms with Crippen LogP contribution in [-0.4, -0.2) is 33.9 Å². The Balaban J connectivity index is 2.06. The van der Waals surface area contributed by atoms with Crippen LogP contribution in [0.1, 0.15) is 22.5 Å². The number of nitrogens with one attached hydrogen (secondary N) is 1. The molecule has 2 heterocycles.